The van der Waals surface area contributed by atoms with Crippen molar-refractivity contribution in [2.75, 3.05) is 13.1 Å². The van der Waals surface area contributed by atoms with Crippen LogP contribution in [0.3, 0.4) is 0 Å². The molecule has 0 spiro atoms. The maximum Gasteiger partial charge on any atom is 0.573 e. The Kier molecular flexibility index (Phi) is 4.98. The summed E-state index contributed by atoms with van der Waals surface area (Å²) >= 11 is 0. The number of hydrogen-bond acceptors (Lipinski definition) is 4. The molecule has 0 radical (unpaired) electrons. The third-order valence-corrected chi connectivity index (χ3v) is 6.15. The van der Waals surface area contributed by atoms with Gasteiger partial charge in [-0.2, -0.15) is 9.40 Å². The molecular weight excluding hydrogens is 371 g/mol. The zero-order valence-corrected chi connectivity index (χ0v) is 14.8. The van der Waals surface area contributed by atoms with Crippen LogP contribution in [0.1, 0.15) is 24.3 Å². The van der Waals surface area contributed by atoms with Gasteiger partial charge in [-0.3, -0.25) is 4.68 Å². The Hall–Kier alpha value is -2.07. The quantitative estimate of drug-likeness (QED) is 0.807. The first kappa shape index (κ1) is 18.7. The molecule has 0 bridgehead atoms. The van der Waals surface area contributed by atoms with Gasteiger partial charge in [-0.15, -0.1) is 13.2 Å². The minimum atomic E-state index is -4.82. The molecule has 1 aliphatic heterocycles. The standard InChI is InChI=1S/C16H18F3N3O3S/c1-21-10-13(9-20-21)12-3-2-8-22(11-12)26(23,24)15-6-4-14(5-7-15)25-16(17,18)19/h4-7,9-10,12H,2-3,8,11H2,1H3. The summed E-state index contributed by atoms with van der Waals surface area (Å²) in [5.74, 6) is -0.414. The predicted molar refractivity (Wildman–Crippen MR) is 87.1 cm³/mol. The molecule has 0 N–H and O–H groups in total. The van der Waals surface area contributed by atoms with E-state index in [0.29, 0.717) is 19.5 Å². The molecule has 1 fully saturated rings. The van der Waals surface area contributed by atoms with Crippen molar-refractivity contribution in [1.82, 2.24) is 14.1 Å². The third-order valence-electron chi connectivity index (χ3n) is 4.28. The first-order valence-electron chi connectivity index (χ1n) is 8.00. The summed E-state index contributed by atoms with van der Waals surface area (Å²) in [6.07, 6.45) is 0.336. The van der Waals surface area contributed by atoms with Crippen LogP contribution in [-0.4, -0.2) is 42.0 Å². The fourth-order valence-corrected chi connectivity index (χ4v) is 4.57. The molecule has 1 aromatic heterocycles. The van der Waals surface area contributed by atoms with Gasteiger partial charge in [0.2, 0.25) is 10.0 Å². The van der Waals surface area contributed by atoms with Crippen LogP contribution in [0.25, 0.3) is 0 Å². The van der Waals surface area contributed by atoms with E-state index in [2.05, 4.69) is 9.84 Å². The number of piperidine rings is 1. The van der Waals surface area contributed by atoms with Crippen LogP contribution >= 0.6 is 0 Å². The van der Waals surface area contributed by atoms with Gasteiger partial charge in [0.05, 0.1) is 11.1 Å². The van der Waals surface area contributed by atoms with Crippen molar-refractivity contribution < 1.29 is 26.3 Å². The summed E-state index contributed by atoms with van der Waals surface area (Å²) in [6.45, 7) is 0.689. The van der Waals surface area contributed by atoms with E-state index in [9.17, 15) is 21.6 Å². The van der Waals surface area contributed by atoms with Crippen LogP contribution in [0.5, 0.6) is 5.75 Å². The molecule has 0 amide bonds. The molecule has 1 saturated heterocycles. The number of rotatable bonds is 4. The number of ether oxygens (including phenoxy) is 1. The van der Waals surface area contributed by atoms with Gasteiger partial charge in [-0.1, -0.05) is 0 Å². The Bertz CT molecular complexity index is 863. The van der Waals surface area contributed by atoms with Gasteiger partial charge in [-0.25, -0.2) is 8.42 Å². The lowest BCUT2D eigenvalue weighted by Crippen LogP contribution is -2.39. The van der Waals surface area contributed by atoms with Crippen molar-refractivity contribution in [3.05, 3.63) is 42.2 Å². The average Bonchev–Trinajstić information content (AvgIpc) is 3.00. The normalized spacial score (nSPS) is 19.5. The first-order chi connectivity index (χ1) is 12.1. The lowest BCUT2D eigenvalue weighted by Gasteiger charge is -2.31. The van der Waals surface area contributed by atoms with Gasteiger partial charge < -0.3 is 4.74 Å². The molecule has 1 atom stereocenters. The topological polar surface area (TPSA) is 64.4 Å². The lowest BCUT2D eigenvalue weighted by atomic mass is 9.94. The molecule has 1 aromatic carbocycles. The Morgan fingerprint density at radius 3 is 2.50 bits per heavy atom. The van der Waals surface area contributed by atoms with Crippen molar-refractivity contribution in [2.24, 2.45) is 7.05 Å². The van der Waals surface area contributed by atoms with E-state index >= 15 is 0 Å². The van der Waals surface area contributed by atoms with E-state index in [1.165, 1.54) is 4.31 Å². The molecule has 6 nitrogen and oxygen atoms in total. The van der Waals surface area contributed by atoms with Crippen LogP contribution < -0.4 is 4.74 Å². The SMILES string of the molecule is Cn1cc(C2CCCN(S(=O)(=O)c3ccc(OC(F)(F)F)cc3)C2)cn1. The summed E-state index contributed by atoms with van der Waals surface area (Å²) < 4.78 is 69.1. The Morgan fingerprint density at radius 1 is 1.23 bits per heavy atom. The molecular formula is C16H18F3N3O3S. The zero-order valence-electron chi connectivity index (χ0n) is 14.0. The molecule has 142 valence electrons. The molecule has 2 heterocycles. The van der Waals surface area contributed by atoms with Gasteiger partial charge in [0.1, 0.15) is 5.75 Å². The van der Waals surface area contributed by atoms with Crippen molar-refractivity contribution in [1.29, 1.82) is 0 Å². The van der Waals surface area contributed by atoms with Crippen LogP contribution in [-0.2, 0) is 17.1 Å². The van der Waals surface area contributed by atoms with Crippen LogP contribution in [0, 0.1) is 0 Å². The van der Waals surface area contributed by atoms with Crippen molar-refractivity contribution >= 4 is 10.0 Å². The van der Waals surface area contributed by atoms with Gasteiger partial charge in [0.25, 0.3) is 0 Å². The highest BCUT2D eigenvalue weighted by Gasteiger charge is 2.33. The molecule has 1 unspecified atom stereocenters. The van der Waals surface area contributed by atoms with Gasteiger partial charge in [0, 0.05) is 32.3 Å². The van der Waals surface area contributed by atoms with Crippen LogP contribution in [0.2, 0.25) is 0 Å². The summed E-state index contributed by atoms with van der Waals surface area (Å²) in [7, 11) is -1.99. The molecule has 1 aliphatic rings. The smallest absolute Gasteiger partial charge is 0.406 e. The molecule has 0 saturated carbocycles. The molecule has 2 aromatic rings. The fraction of sp³-hybridized carbons (Fsp3) is 0.438. The summed E-state index contributed by atoms with van der Waals surface area (Å²) in [5, 5.41) is 4.12. The number of aromatic nitrogens is 2. The van der Waals surface area contributed by atoms with E-state index in [1.807, 2.05) is 6.20 Å². The summed E-state index contributed by atoms with van der Waals surface area (Å²) in [5.41, 5.74) is 0.973. The van der Waals surface area contributed by atoms with Gasteiger partial charge >= 0.3 is 6.36 Å². The van der Waals surface area contributed by atoms with E-state index in [1.54, 1.807) is 17.9 Å². The number of benzene rings is 1. The maximum absolute atomic E-state index is 12.8. The van der Waals surface area contributed by atoms with E-state index in [-0.39, 0.29) is 10.8 Å². The highest BCUT2D eigenvalue weighted by Crippen LogP contribution is 2.31. The van der Waals surface area contributed by atoms with Crippen molar-refractivity contribution in [3.8, 4) is 5.75 Å². The van der Waals surface area contributed by atoms with Gasteiger partial charge in [-0.05, 0) is 42.7 Å². The minimum absolute atomic E-state index is 0.0417. The Labute approximate surface area is 149 Å². The van der Waals surface area contributed by atoms with Crippen molar-refractivity contribution in [3.63, 3.8) is 0 Å². The Morgan fingerprint density at radius 2 is 1.92 bits per heavy atom. The average molecular weight is 389 g/mol. The van der Waals surface area contributed by atoms with Gasteiger partial charge in [0.15, 0.2) is 0 Å². The molecule has 3 rings (SSSR count). The molecule has 10 heteroatoms. The summed E-state index contributed by atoms with van der Waals surface area (Å²) in [4.78, 5) is -0.0566. The number of aryl methyl sites for hydroxylation is 1. The molecule has 26 heavy (non-hydrogen) atoms. The maximum atomic E-state index is 12.8. The third kappa shape index (κ3) is 4.18. The number of halogens is 3. The second-order valence-electron chi connectivity index (χ2n) is 6.17. The van der Waals surface area contributed by atoms with Crippen LogP contribution in [0.4, 0.5) is 13.2 Å². The fourth-order valence-electron chi connectivity index (χ4n) is 3.05. The highest BCUT2D eigenvalue weighted by atomic mass is 32.2. The largest absolute Gasteiger partial charge is 0.573 e. The second-order valence-corrected chi connectivity index (χ2v) is 8.11. The van der Waals surface area contributed by atoms with E-state index in [0.717, 1.165) is 36.2 Å². The monoisotopic (exact) mass is 389 g/mol. The lowest BCUT2D eigenvalue weighted by molar-refractivity contribution is -0.274. The van der Waals surface area contributed by atoms with E-state index in [4.69, 9.17) is 0 Å². The number of sulfonamides is 1. The predicted octanol–water partition coefficient (Wildman–Crippen LogP) is 2.89. The minimum Gasteiger partial charge on any atom is -0.406 e. The zero-order chi connectivity index (χ0) is 18.9. The first-order valence-corrected chi connectivity index (χ1v) is 9.44. The van der Waals surface area contributed by atoms with Crippen LogP contribution in [0.15, 0.2) is 41.6 Å². The number of alkyl halides is 3. The van der Waals surface area contributed by atoms with E-state index < -0.39 is 22.1 Å². The highest BCUT2D eigenvalue weighted by molar-refractivity contribution is 7.89. The summed E-state index contributed by atoms with van der Waals surface area (Å²) in [6, 6.07) is 4.26. The number of nitrogens with zero attached hydrogens (tertiary/aromatic N) is 3. The second kappa shape index (κ2) is 6.92. The van der Waals surface area contributed by atoms with Crippen molar-refractivity contribution in [2.45, 2.75) is 30.0 Å². The Balaban J connectivity index is 1.76. The molecule has 0 aliphatic carbocycles. The number of hydrogen-bond donors (Lipinski definition) is 0.